The first-order valence-electron chi connectivity index (χ1n) is 11.3. The molecule has 1 aliphatic heterocycles. The molecule has 1 saturated heterocycles. The quantitative estimate of drug-likeness (QED) is 0.431. The van der Waals surface area contributed by atoms with E-state index in [1.54, 1.807) is 24.3 Å². The van der Waals surface area contributed by atoms with Gasteiger partial charge in [-0.1, -0.05) is 30.9 Å². The van der Waals surface area contributed by atoms with Crippen molar-refractivity contribution in [2.24, 2.45) is 0 Å². The fourth-order valence-corrected chi connectivity index (χ4v) is 4.17. The molecule has 174 valence electrons. The molecule has 4 rings (SSSR count). The Morgan fingerprint density at radius 1 is 0.971 bits per heavy atom. The monoisotopic (exact) mass is 456 g/mol. The molecule has 0 spiro atoms. The summed E-state index contributed by atoms with van der Waals surface area (Å²) in [7, 11) is 0. The lowest BCUT2D eigenvalue weighted by Gasteiger charge is -2.36. The maximum atomic E-state index is 13.1. The van der Waals surface area contributed by atoms with Crippen LogP contribution in [0.3, 0.4) is 0 Å². The van der Waals surface area contributed by atoms with Gasteiger partial charge in [-0.2, -0.15) is 0 Å². The second-order valence-electron chi connectivity index (χ2n) is 8.29. The second-order valence-corrected chi connectivity index (χ2v) is 8.29. The molecule has 6 nitrogen and oxygen atoms in total. The van der Waals surface area contributed by atoms with Crippen LogP contribution in [-0.2, 0) is 4.74 Å². The first-order valence-corrected chi connectivity index (χ1v) is 11.3. The van der Waals surface area contributed by atoms with Crippen LogP contribution in [0.5, 0.6) is 5.75 Å². The van der Waals surface area contributed by atoms with Crippen LogP contribution in [0.2, 0.25) is 0 Å². The van der Waals surface area contributed by atoms with Crippen molar-refractivity contribution in [1.29, 1.82) is 0 Å². The molecule has 1 aliphatic rings. The van der Waals surface area contributed by atoms with Gasteiger partial charge in [-0.25, -0.2) is 4.79 Å². The molecule has 1 fully saturated rings. The lowest BCUT2D eigenvalue weighted by Crippen LogP contribution is -2.48. The molecular formula is C28H28N2O4. The summed E-state index contributed by atoms with van der Waals surface area (Å²) >= 11 is 0. The van der Waals surface area contributed by atoms with E-state index < -0.39 is 0 Å². The van der Waals surface area contributed by atoms with Crippen molar-refractivity contribution >= 4 is 17.6 Å². The average Bonchev–Trinajstić information content (AvgIpc) is 2.87. The number of anilines is 1. The molecule has 1 amide bonds. The number of phenols is 1. The molecular weight excluding hydrogens is 428 g/mol. The van der Waals surface area contributed by atoms with Crippen molar-refractivity contribution < 1.29 is 19.4 Å². The Balaban J connectivity index is 1.37. The zero-order chi connectivity index (χ0) is 24.1. The number of hydrogen-bond donors (Lipinski definition) is 1. The number of benzene rings is 3. The summed E-state index contributed by atoms with van der Waals surface area (Å²) in [5.74, 6) is -0.130. The van der Waals surface area contributed by atoms with Gasteiger partial charge in [0.15, 0.2) is 0 Å². The number of carbonyl (C=O) groups is 2. The number of piperazine rings is 1. The standard InChI is InChI=1S/C28H28N2O4/c1-3-17-34-28(33)21-7-10-24(11-8-21)29-13-15-30(16-14-29)27(32)23-9-12-26(20(2)18-23)22-5-4-6-25(31)19-22/h3-12,18-19,31H,1,13-17H2,2H3. The van der Waals surface area contributed by atoms with Crippen LogP contribution in [0.4, 0.5) is 5.69 Å². The Bertz CT molecular complexity index is 1200. The van der Waals surface area contributed by atoms with E-state index in [0.717, 1.165) is 22.4 Å². The van der Waals surface area contributed by atoms with Gasteiger partial charge in [-0.05, 0) is 72.1 Å². The highest BCUT2D eigenvalue weighted by atomic mass is 16.5. The maximum absolute atomic E-state index is 13.1. The Labute approximate surface area is 199 Å². The van der Waals surface area contributed by atoms with Crippen LogP contribution in [0.25, 0.3) is 11.1 Å². The van der Waals surface area contributed by atoms with Gasteiger partial charge in [0, 0.05) is 37.4 Å². The number of nitrogens with zero attached hydrogens (tertiary/aromatic N) is 2. The average molecular weight is 457 g/mol. The van der Waals surface area contributed by atoms with Crippen molar-refractivity contribution in [3.63, 3.8) is 0 Å². The maximum Gasteiger partial charge on any atom is 0.338 e. The molecule has 1 N–H and O–H groups in total. The number of aromatic hydroxyl groups is 1. The molecule has 0 aliphatic carbocycles. The highest BCUT2D eigenvalue weighted by Gasteiger charge is 2.23. The first kappa shape index (κ1) is 23.1. The molecule has 0 atom stereocenters. The Kier molecular flexibility index (Phi) is 6.97. The van der Waals surface area contributed by atoms with E-state index in [1.165, 1.54) is 6.08 Å². The van der Waals surface area contributed by atoms with Gasteiger partial charge in [0.1, 0.15) is 12.4 Å². The zero-order valence-corrected chi connectivity index (χ0v) is 19.2. The van der Waals surface area contributed by atoms with Gasteiger partial charge in [-0.3, -0.25) is 4.79 Å². The number of aryl methyl sites for hydroxylation is 1. The summed E-state index contributed by atoms with van der Waals surface area (Å²) in [4.78, 5) is 29.1. The lowest BCUT2D eigenvalue weighted by atomic mass is 9.98. The summed E-state index contributed by atoms with van der Waals surface area (Å²) in [5.41, 5.74) is 5.08. The van der Waals surface area contributed by atoms with Crippen LogP contribution >= 0.6 is 0 Å². The van der Waals surface area contributed by atoms with E-state index in [9.17, 15) is 14.7 Å². The zero-order valence-electron chi connectivity index (χ0n) is 19.2. The van der Waals surface area contributed by atoms with Gasteiger partial charge in [0.25, 0.3) is 5.91 Å². The highest BCUT2D eigenvalue weighted by molar-refractivity contribution is 5.95. The summed E-state index contributed by atoms with van der Waals surface area (Å²) < 4.78 is 5.07. The number of amides is 1. The summed E-state index contributed by atoms with van der Waals surface area (Å²) in [6.45, 7) is 8.38. The van der Waals surface area contributed by atoms with E-state index in [0.29, 0.717) is 37.3 Å². The van der Waals surface area contributed by atoms with Crippen LogP contribution in [0, 0.1) is 6.92 Å². The fourth-order valence-electron chi connectivity index (χ4n) is 4.17. The van der Waals surface area contributed by atoms with Gasteiger partial charge in [0.2, 0.25) is 0 Å². The minimum Gasteiger partial charge on any atom is -0.508 e. The van der Waals surface area contributed by atoms with Gasteiger partial charge in [0.05, 0.1) is 5.56 Å². The predicted molar refractivity (Wildman–Crippen MR) is 133 cm³/mol. The van der Waals surface area contributed by atoms with Crippen LogP contribution in [-0.4, -0.2) is 54.7 Å². The summed E-state index contributed by atoms with van der Waals surface area (Å²) in [6.07, 6.45) is 1.54. The molecule has 34 heavy (non-hydrogen) atoms. The topological polar surface area (TPSA) is 70.1 Å². The third-order valence-corrected chi connectivity index (χ3v) is 6.00. The molecule has 1 heterocycles. The SMILES string of the molecule is C=CCOC(=O)c1ccc(N2CCN(C(=O)c3ccc(-c4cccc(O)c4)c(C)c3)CC2)cc1. The highest BCUT2D eigenvalue weighted by Crippen LogP contribution is 2.27. The number of phenolic OH excluding ortho intramolecular Hbond substituents is 1. The molecule has 0 saturated carbocycles. The van der Waals surface area contributed by atoms with E-state index >= 15 is 0 Å². The number of esters is 1. The van der Waals surface area contributed by atoms with E-state index in [1.807, 2.05) is 54.3 Å². The lowest BCUT2D eigenvalue weighted by molar-refractivity contribution is 0.0549. The third kappa shape index (κ3) is 5.12. The number of carbonyl (C=O) groups excluding carboxylic acids is 2. The Hall–Kier alpha value is -4.06. The van der Waals surface area contributed by atoms with E-state index in [-0.39, 0.29) is 24.2 Å². The van der Waals surface area contributed by atoms with Crippen molar-refractivity contribution in [3.8, 4) is 16.9 Å². The Morgan fingerprint density at radius 3 is 2.32 bits per heavy atom. The minimum atomic E-state index is -0.368. The van der Waals surface area contributed by atoms with Crippen molar-refractivity contribution in [2.75, 3.05) is 37.7 Å². The molecule has 3 aromatic carbocycles. The second kappa shape index (κ2) is 10.3. The van der Waals surface area contributed by atoms with Crippen molar-refractivity contribution in [3.05, 3.63) is 96.1 Å². The van der Waals surface area contributed by atoms with E-state index in [4.69, 9.17) is 4.74 Å². The normalized spacial score (nSPS) is 13.4. The molecule has 6 heteroatoms. The molecule has 3 aromatic rings. The van der Waals surface area contributed by atoms with Crippen molar-refractivity contribution in [2.45, 2.75) is 6.92 Å². The first-order chi connectivity index (χ1) is 16.5. The largest absolute Gasteiger partial charge is 0.508 e. The van der Waals surface area contributed by atoms with Crippen molar-refractivity contribution in [1.82, 2.24) is 4.90 Å². The molecule has 0 unspecified atom stereocenters. The van der Waals surface area contributed by atoms with Crippen LogP contribution in [0.1, 0.15) is 26.3 Å². The Morgan fingerprint density at radius 2 is 1.68 bits per heavy atom. The molecule has 0 bridgehead atoms. The van der Waals surface area contributed by atoms with Gasteiger partial charge in [-0.15, -0.1) is 0 Å². The van der Waals surface area contributed by atoms with Gasteiger partial charge >= 0.3 is 5.97 Å². The predicted octanol–water partition coefficient (Wildman–Crippen LogP) is 4.67. The number of rotatable bonds is 6. The fraction of sp³-hybridized carbons (Fsp3) is 0.214. The summed E-state index contributed by atoms with van der Waals surface area (Å²) in [5, 5.41) is 9.76. The third-order valence-electron chi connectivity index (χ3n) is 6.00. The van der Waals surface area contributed by atoms with Crippen LogP contribution in [0.15, 0.2) is 79.4 Å². The smallest absolute Gasteiger partial charge is 0.338 e. The number of ether oxygens (including phenoxy) is 1. The number of hydrogen-bond acceptors (Lipinski definition) is 5. The van der Waals surface area contributed by atoms with E-state index in [2.05, 4.69) is 11.5 Å². The minimum absolute atomic E-state index is 0.0190. The molecule has 0 aromatic heterocycles. The summed E-state index contributed by atoms with van der Waals surface area (Å²) in [6, 6.07) is 20.2. The molecule has 0 radical (unpaired) electrons. The van der Waals surface area contributed by atoms with Gasteiger partial charge < -0.3 is 19.6 Å². The van der Waals surface area contributed by atoms with Crippen LogP contribution < -0.4 is 4.90 Å².